The number of ether oxygens (including phenoxy) is 2. The van der Waals surface area contributed by atoms with Crippen LogP contribution in [0.1, 0.15) is 29.3 Å². The van der Waals surface area contributed by atoms with E-state index < -0.39 is 28.4 Å². The van der Waals surface area contributed by atoms with Crippen molar-refractivity contribution in [1.82, 2.24) is 0 Å². The molecule has 0 saturated carbocycles. The summed E-state index contributed by atoms with van der Waals surface area (Å²) < 4.78 is 35.8. The molecule has 1 amide bonds. The van der Waals surface area contributed by atoms with Gasteiger partial charge in [0.1, 0.15) is 12.3 Å². The minimum Gasteiger partial charge on any atom is -0.494 e. The summed E-state index contributed by atoms with van der Waals surface area (Å²) in [6, 6.07) is 11.2. The third kappa shape index (κ3) is 6.21. The Bertz CT molecular complexity index is 1000. The Labute approximate surface area is 176 Å². The van der Waals surface area contributed by atoms with E-state index in [2.05, 4.69) is 10.1 Å². The Morgan fingerprint density at radius 1 is 1.10 bits per heavy atom. The summed E-state index contributed by atoms with van der Waals surface area (Å²) >= 11 is 0. The lowest BCUT2D eigenvalue weighted by Gasteiger charge is -2.22. The fourth-order valence-electron chi connectivity index (χ4n) is 2.65. The molecule has 0 atom stereocenters. The number of methoxy groups -OCH3 is 1. The molecule has 162 valence electrons. The zero-order chi connectivity index (χ0) is 22.3. The van der Waals surface area contributed by atoms with Gasteiger partial charge in [0.05, 0.1) is 31.2 Å². The first-order valence-corrected chi connectivity index (χ1v) is 11.2. The van der Waals surface area contributed by atoms with Crippen LogP contribution >= 0.6 is 0 Å². The van der Waals surface area contributed by atoms with Crippen LogP contribution in [0.25, 0.3) is 0 Å². The maximum absolute atomic E-state index is 12.6. The molecule has 0 radical (unpaired) electrons. The van der Waals surface area contributed by atoms with Gasteiger partial charge < -0.3 is 14.8 Å². The molecule has 0 bridgehead atoms. The molecule has 9 heteroatoms. The van der Waals surface area contributed by atoms with E-state index in [1.165, 1.54) is 13.2 Å². The zero-order valence-corrected chi connectivity index (χ0v) is 18.3. The van der Waals surface area contributed by atoms with E-state index in [1.807, 2.05) is 6.92 Å². The van der Waals surface area contributed by atoms with E-state index >= 15 is 0 Å². The Hall–Kier alpha value is -3.07. The number of anilines is 2. The lowest BCUT2D eigenvalue weighted by molar-refractivity contribution is -0.114. The number of hydrogen-bond donors (Lipinski definition) is 1. The van der Waals surface area contributed by atoms with E-state index in [4.69, 9.17) is 4.74 Å². The lowest BCUT2D eigenvalue weighted by atomic mass is 10.1. The van der Waals surface area contributed by atoms with Crippen molar-refractivity contribution in [3.8, 4) is 5.75 Å². The number of esters is 1. The van der Waals surface area contributed by atoms with Crippen molar-refractivity contribution >= 4 is 33.3 Å². The standard InChI is InChI=1S/C21H26N2O6S/c1-5-12-29-18-10-8-17(9-11-18)23(30(4,26)27)14-20(24)22-19-13-16(21(25)28-3)7-6-15(19)2/h6-11,13H,5,12,14H2,1-4H3,(H,22,24). The van der Waals surface area contributed by atoms with Crippen molar-refractivity contribution in [3.05, 3.63) is 53.6 Å². The van der Waals surface area contributed by atoms with E-state index in [0.29, 0.717) is 23.7 Å². The molecular formula is C21H26N2O6S. The molecule has 0 heterocycles. The zero-order valence-electron chi connectivity index (χ0n) is 17.5. The summed E-state index contributed by atoms with van der Waals surface area (Å²) in [5.74, 6) is -0.459. The minimum absolute atomic E-state index is 0.279. The predicted molar refractivity (Wildman–Crippen MR) is 116 cm³/mol. The number of rotatable bonds is 9. The van der Waals surface area contributed by atoms with E-state index in [1.54, 1.807) is 43.3 Å². The third-order valence-corrected chi connectivity index (χ3v) is 5.36. The molecule has 1 N–H and O–H groups in total. The van der Waals surface area contributed by atoms with Crippen LogP contribution in [-0.4, -0.2) is 46.8 Å². The van der Waals surface area contributed by atoms with Gasteiger partial charge in [-0.25, -0.2) is 13.2 Å². The highest BCUT2D eigenvalue weighted by molar-refractivity contribution is 7.92. The van der Waals surface area contributed by atoms with Gasteiger partial charge in [-0.05, 0) is 55.3 Å². The van der Waals surface area contributed by atoms with Gasteiger partial charge in [0.15, 0.2) is 0 Å². The maximum Gasteiger partial charge on any atom is 0.337 e. The normalized spacial score (nSPS) is 10.9. The molecule has 8 nitrogen and oxygen atoms in total. The number of sulfonamides is 1. The van der Waals surface area contributed by atoms with Gasteiger partial charge in [-0.15, -0.1) is 0 Å². The Morgan fingerprint density at radius 3 is 2.33 bits per heavy atom. The summed E-state index contributed by atoms with van der Waals surface area (Å²) in [4.78, 5) is 24.3. The number of nitrogens with one attached hydrogen (secondary N) is 1. The minimum atomic E-state index is -3.71. The average molecular weight is 435 g/mol. The second-order valence-electron chi connectivity index (χ2n) is 6.68. The summed E-state index contributed by atoms with van der Waals surface area (Å²) in [7, 11) is -2.45. The fourth-order valence-corrected chi connectivity index (χ4v) is 3.51. The summed E-state index contributed by atoms with van der Waals surface area (Å²) in [6.07, 6.45) is 1.89. The van der Waals surface area contributed by atoms with Crippen molar-refractivity contribution in [2.75, 3.05) is 36.1 Å². The molecule has 2 aromatic rings. The molecule has 0 aromatic heterocycles. The number of benzene rings is 2. The van der Waals surface area contributed by atoms with E-state index in [9.17, 15) is 18.0 Å². The van der Waals surface area contributed by atoms with Crippen LogP contribution in [0.5, 0.6) is 5.75 Å². The van der Waals surface area contributed by atoms with Crippen LogP contribution in [0.4, 0.5) is 11.4 Å². The SMILES string of the molecule is CCCOc1ccc(N(CC(=O)Nc2cc(C(=O)OC)ccc2C)S(C)(=O)=O)cc1. The summed E-state index contributed by atoms with van der Waals surface area (Å²) in [5.41, 5.74) is 1.75. The van der Waals surface area contributed by atoms with Gasteiger partial charge >= 0.3 is 5.97 Å². The van der Waals surface area contributed by atoms with Gasteiger partial charge in [-0.1, -0.05) is 13.0 Å². The van der Waals surface area contributed by atoms with Crippen LogP contribution < -0.4 is 14.4 Å². The molecule has 0 fully saturated rings. The maximum atomic E-state index is 12.6. The Morgan fingerprint density at radius 2 is 1.77 bits per heavy atom. The first-order chi connectivity index (χ1) is 14.2. The first-order valence-electron chi connectivity index (χ1n) is 9.35. The van der Waals surface area contributed by atoms with E-state index in [0.717, 1.165) is 22.5 Å². The third-order valence-electron chi connectivity index (χ3n) is 4.22. The predicted octanol–water partition coefficient (Wildman–Crippen LogP) is 2.98. The first kappa shape index (κ1) is 23.2. The van der Waals surface area contributed by atoms with Gasteiger partial charge in [0.2, 0.25) is 15.9 Å². The lowest BCUT2D eigenvalue weighted by Crippen LogP contribution is -2.37. The van der Waals surface area contributed by atoms with Crippen LogP contribution in [0.2, 0.25) is 0 Å². The van der Waals surface area contributed by atoms with Crippen LogP contribution in [0.15, 0.2) is 42.5 Å². The molecule has 0 saturated heterocycles. The molecule has 0 aliphatic rings. The number of nitrogens with zero attached hydrogens (tertiary/aromatic N) is 1. The highest BCUT2D eigenvalue weighted by atomic mass is 32.2. The van der Waals surface area contributed by atoms with Crippen LogP contribution in [-0.2, 0) is 19.6 Å². The summed E-state index contributed by atoms with van der Waals surface area (Å²) in [6.45, 7) is 3.89. The molecule has 0 aliphatic carbocycles. The summed E-state index contributed by atoms with van der Waals surface area (Å²) in [5, 5.41) is 2.66. The average Bonchev–Trinajstić information content (AvgIpc) is 2.71. The van der Waals surface area contributed by atoms with Crippen LogP contribution in [0, 0.1) is 6.92 Å². The molecular weight excluding hydrogens is 408 g/mol. The number of aryl methyl sites for hydroxylation is 1. The van der Waals surface area contributed by atoms with Gasteiger partial charge in [-0.3, -0.25) is 9.10 Å². The quantitative estimate of drug-likeness (QED) is 0.609. The van der Waals surface area contributed by atoms with Crippen molar-refractivity contribution in [2.24, 2.45) is 0 Å². The number of carbonyl (C=O) groups is 2. The molecule has 2 rings (SSSR count). The van der Waals surface area contributed by atoms with Crippen molar-refractivity contribution in [1.29, 1.82) is 0 Å². The van der Waals surface area contributed by atoms with Gasteiger partial charge in [-0.2, -0.15) is 0 Å². The Kier molecular flexibility index (Phi) is 7.82. The largest absolute Gasteiger partial charge is 0.494 e. The van der Waals surface area contributed by atoms with Crippen molar-refractivity contribution < 1.29 is 27.5 Å². The Balaban J connectivity index is 2.20. The molecule has 2 aromatic carbocycles. The molecule has 0 unspecified atom stereocenters. The smallest absolute Gasteiger partial charge is 0.337 e. The van der Waals surface area contributed by atoms with Crippen molar-refractivity contribution in [2.45, 2.75) is 20.3 Å². The number of amides is 1. The van der Waals surface area contributed by atoms with E-state index in [-0.39, 0.29) is 5.56 Å². The molecule has 0 spiro atoms. The highest BCUT2D eigenvalue weighted by Crippen LogP contribution is 2.23. The topological polar surface area (TPSA) is 102 Å². The highest BCUT2D eigenvalue weighted by Gasteiger charge is 2.21. The van der Waals surface area contributed by atoms with Gasteiger partial charge in [0, 0.05) is 5.69 Å². The van der Waals surface area contributed by atoms with Crippen LogP contribution in [0.3, 0.4) is 0 Å². The molecule has 0 aliphatic heterocycles. The second kappa shape index (κ2) is 10.1. The second-order valence-corrected chi connectivity index (χ2v) is 8.59. The molecule has 30 heavy (non-hydrogen) atoms. The van der Waals surface area contributed by atoms with Gasteiger partial charge in [0.25, 0.3) is 0 Å². The van der Waals surface area contributed by atoms with Crippen molar-refractivity contribution in [3.63, 3.8) is 0 Å². The fraction of sp³-hybridized carbons (Fsp3) is 0.333. The number of hydrogen-bond acceptors (Lipinski definition) is 6. The number of carbonyl (C=O) groups excluding carboxylic acids is 2. The monoisotopic (exact) mass is 434 g/mol.